The predicted molar refractivity (Wildman–Crippen MR) is 166 cm³/mol. The van der Waals surface area contributed by atoms with Crippen molar-refractivity contribution in [3.05, 3.63) is 131 Å². The van der Waals surface area contributed by atoms with Crippen LogP contribution in [0.25, 0.3) is 0 Å². The SMILES string of the molecule is C[C@@H]1[C@H](CSc2ccc(C(=O)O)cc2)O[C@H](c2cccc(NC(=O)NCc3ccccc3)c2)O[C@@H]1c1ccc(CO)cc1. The maximum absolute atomic E-state index is 12.6. The normalized spacial score (nSPS) is 19.9. The number of thioether (sulfide) groups is 1. The number of carboxylic acid groups (broad SMARTS) is 1. The number of benzene rings is 4. The van der Waals surface area contributed by atoms with Gasteiger partial charge in [0.25, 0.3) is 0 Å². The van der Waals surface area contributed by atoms with E-state index in [9.17, 15) is 19.8 Å². The van der Waals surface area contributed by atoms with Crippen LogP contribution in [-0.2, 0) is 22.6 Å². The molecule has 0 aliphatic carbocycles. The number of anilines is 1. The predicted octanol–water partition coefficient (Wildman–Crippen LogP) is 6.78. The molecule has 1 aliphatic rings. The van der Waals surface area contributed by atoms with Gasteiger partial charge in [-0.3, -0.25) is 0 Å². The van der Waals surface area contributed by atoms with E-state index in [0.29, 0.717) is 18.0 Å². The zero-order chi connectivity index (χ0) is 30.2. The molecule has 4 aromatic rings. The zero-order valence-electron chi connectivity index (χ0n) is 23.7. The summed E-state index contributed by atoms with van der Waals surface area (Å²) in [5.41, 5.74) is 4.43. The van der Waals surface area contributed by atoms with Crippen molar-refractivity contribution >= 4 is 29.4 Å². The number of nitrogens with one attached hydrogen (secondary N) is 2. The fourth-order valence-corrected chi connectivity index (χ4v) is 5.97. The third kappa shape index (κ3) is 8.03. The van der Waals surface area contributed by atoms with Crippen LogP contribution in [0.1, 0.15) is 51.9 Å². The van der Waals surface area contributed by atoms with E-state index in [2.05, 4.69) is 17.6 Å². The first-order chi connectivity index (χ1) is 20.9. The molecule has 2 amide bonds. The van der Waals surface area contributed by atoms with Crippen LogP contribution < -0.4 is 10.6 Å². The number of hydrogen-bond donors (Lipinski definition) is 4. The second-order valence-electron chi connectivity index (χ2n) is 10.4. The van der Waals surface area contributed by atoms with Crippen molar-refractivity contribution < 1.29 is 29.3 Å². The molecule has 0 radical (unpaired) electrons. The number of amides is 2. The van der Waals surface area contributed by atoms with E-state index in [-0.39, 0.29) is 36.3 Å². The lowest BCUT2D eigenvalue weighted by molar-refractivity contribution is -0.268. The number of aromatic carboxylic acids is 1. The molecule has 4 N–H and O–H groups in total. The van der Waals surface area contributed by atoms with Gasteiger partial charge in [-0.1, -0.05) is 73.7 Å². The molecule has 222 valence electrons. The Hall–Kier alpha value is -4.15. The van der Waals surface area contributed by atoms with Crippen molar-refractivity contribution in [2.24, 2.45) is 5.92 Å². The van der Waals surface area contributed by atoms with Gasteiger partial charge in [-0.2, -0.15) is 0 Å². The minimum absolute atomic E-state index is 0.00732. The molecule has 1 saturated heterocycles. The Morgan fingerprint density at radius 3 is 2.28 bits per heavy atom. The molecular formula is C34H34N2O6S. The molecule has 8 nitrogen and oxygen atoms in total. The fourth-order valence-electron chi connectivity index (χ4n) is 4.90. The van der Waals surface area contributed by atoms with Gasteiger partial charge in [0.05, 0.1) is 24.4 Å². The molecule has 1 aliphatic heterocycles. The molecule has 0 spiro atoms. The summed E-state index contributed by atoms with van der Waals surface area (Å²) in [5, 5.41) is 24.5. The largest absolute Gasteiger partial charge is 0.478 e. The van der Waals surface area contributed by atoms with Crippen molar-refractivity contribution in [2.45, 2.75) is 43.5 Å². The molecule has 1 heterocycles. The topological polar surface area (TPSA) is 117 Å². The summed E-state index contributed by atoms with van der Waals surface area (Å²) >= 11 is 1.59. The van der Waals surface area contributed by atoms with Gasteiger partial charge in [-0.15, -0.1) is 11.8 Å². The summed E-state index contributed by atoms with van der Waals surface area (Å²) in [6.45, 7) is 2.47. The highest BCUT2D eigenvalue weighted by atomic mass is 32.2. The molecule has 4 aromatic carbocycles. The number of ether oxygens (including phenoxy) is 2. The standard InChI is InChI=1S/C34H34N2O6S/c1-22-30(21-43-29-16-14-26(15-17-29)32(38)39)41-33(42-31(22)25-12-10-24(20-37)11-13-25)27-8-5-9-28(18-27)36-34(40)35-19-23-6-3-2-4-7-23/h2-18,22,30-31,33,37H,19-21H2,1H3,(H,38,39)(H2,35,36,40)/t22-,30+,31+,33+/m1/s1. The van der Waals surface area contributed by atoms with Gasteiger partial charge < -0.3 is 30.3 Å². The quantitative estimate of drug-likeness (QED) is 0.149. The van der Waals surface area contributed by atoms with Crippen LogP contribution in [0.3, 0.4) is 0 Å². The molecule has 4 atom stereocenters. The number of aliphatic hydroxyl groups excluding tert-OH is 1. The van der Waals surface area contributed by atoms with Crippen LogP contribution in [0, 0.1) is 5.92 Å². The summed E-state index contributed by atoms with van der Waals surface area (Å²) < 4.78 is 13.1. The number of carbonyl (C=O) groups excluding carboxylic acids is 1. The maximum Gasteiger partial charge on any atom is 0.335 e. The Morgan fingerprint density at radius 1 is 0.837 bits per heavy atom. The van der Waals surface area contributed by atoms with E-state index < -0.39 is 12.3 Å². The van der Waals surface area contributed by atoms with Gasteiger partial charge in [-0.05, 0) is 53.1 Å². The van der Waals surface area contributed by atoms with Crippen LogP contribution in [0.15, 0.2) is 108 Å². The highest BCUT2D eigenvalue weighted by Crippen LogP contribution is 2.43. The maximum atomic E-state index is 12.6. The summed E-state index contributed by atoms with van der Waals surface area (Å²) in [4.78, 5) is 24.8. The van der Waals surface area contributed by atoms with Crippen LogP contribution in [0.5, 0.6) is 0 Å². The number of urea groups is 1. The molecule has 0 aromatic heterocycles. The number of carbonyl (C=O) groups is 2. The van der Waals surface area contributed by atoms with E-state index in [4.69, 9.17) is 9.47 Å². The van der Waals surface area contributed by atoms with Gasteiger partial charge in [0.1, 0.15) is 0 Å². The Bertz CT molecular complexity index is 1510. The molecule has 43 heavy (non-hydrogen) atoms. The van der Waals surface area contributed by atoms with Crippen LogP contribution in [-0.4, -0.2) is 34.1 Å². The Kier molecular flexibility index (Phi) is 10.1. The van der Waals surface area contributed by atoms with Crippen molar-refractivity contribution in [1.29, 1.82) is 0 Å². The van der Waals surface area contributed by atoms with Crippen molar-refractivity contribution in [3.63, 3.8) is 0 Å². The molecule has 5 rings (SSSR count). The Labute approximate surface area is 255 Å². The lowest BCUT2D eigenvalue weighted by Gasteiger charge is -2.41. The summed E-state index contributed by atoms with van der Waals surface area (Å²) in [7, 11) is 0. The van der Waals surface area contributed by atoms with E-state index in [1.165, 1.54) is 0 Å². The Morgan fingerprint density at radius 2 is 1.58 bits per heavy atom. The first kappa shape index (κ1) is 30.3. The highest BCUT2D eigenvalue weighted by molar-refractivity contribution is 7.99. The summed E-state index contributed by atoms with van der Waals surface area (Å²) in [6, 6.07) is 31.3. The zero-order valence-corrected chi connectivity index (χ0v) is 24.5. The van der Waals surface area contributed by atoms with Crippen molar-refractivity contribution in [2.75, 3.05) is 11.1 Å². The van der Waals surface area contributed by atoms with Gasteiger partial charge in [0, 0.05) is 34.4 Å². The van der Waals surface area contributed by atoms with Gasteiger partial charge >= 0.3 is 12.0 Å². The fraction of sp³-hybridized carbons (Fsp3) is 0.235. The number of aliphatic hydroxyl groups is 1. The second-order valence-corrected chi connectivity index (χ2v) is 11.5. The van der Waals surface area contributed by atoms with Crippen LogP contribution in [0.2, 0.25) is 0 Å². The number of carboxylic acids is 1. The third-order valence-electron chi connectivity index (χ3n) is 7.35. The molecule has 1 fully saturated rings. The summed E-state index contributed by atoms with van der Waals surface area (Å²) in [5.74, 6) is -0.341. The molecule has 0 saturated carbocycles. The van der Waals surface area contributed by atoms with E-state index in [1.807, 2.05) is 78.9 Å². The van der Waals surface area contributed by atoms with Gasteiger partial charge in [0.2, 0.25) is 0 Å². The minimum Gasteiger partial charge on any atom is -0.478 e. The van der Waals surface area contributed by atoms with Crippen LogP contribution >= 0.6 is 11.8 Å². The van der Waals surface area contributed by atoms with Gasteiger partial charge in [0.15, 0.2) is 6.29 Å². The third-order valence-corrected chi connectivity index (χ3v) is 8.45. The molecule has 0 unspecified atom stereocenters. The molecule has 9 heteroatoms. The first-order valence-corrected chi connectivity index (χ1v) is 15.0. The van der Waals surface area contributed by atoms with Crippen molar-refractivity contribution in [1.82, 2.24) is 5.32 Å². The van der Waals surface area contributed by atoms with E-state index in [0.717, 1.165) is 27.1 Å². The van der Waals surface area contributed by atoms with Crippen molar-refractivity contribution in [3.8, 4) is 0 Å². The van der Waals surface area contributed by atoms with Crippen LogP contribution in [0.4, 0.5) is 10.5 Å². The van der Waals surface area contributed by atoms with E-state index >= 15 is 0 Å². The summed E-state index contributed by atoms with van der Waals surface area (Å²) in [6.07, 6.45) is -1.17. The smallest absolute Gasteiger partial charge is 0.335 e. The lowest BCUT2D eigenvalue weighted by atomic mass is 9.91. The molecular weight excluding hydrogens is 564 g/mol. The number of hydrogen-bond acceptors (Lipinski definition) is 6. The Balaban J connectivity index is 1.32. The lowest BCUT2D eigenvalue weighted by Crippen LogP contribution is -2.38. The average molecular weight is 599 g/mol. The minimum atomic E-state index is -0.957. The van der Waals surface area contributed by atoms with E-state index in [1.54, 1.807) is 36.0 Å². The second kappa shape index (κ2) is 14.3. The van der Waals surface area contributed by atoms with Gasteiger partial charge in [-0.25, -0.2) is 9.59 Å². The highest BCUT2D eigenvalue weighted by Gasteiger charge is 2.38. The number of rotatable bonds is 10. The first-order valence-electron chi connectivity index (χ1n) is 14.0. The molecule has 0 bridgehead atoms. The average Bonchev–Trinajstić information content (AvgIpc) is 3.04. The monoisotopic (exact) mass is 598 g/mol.